The van der Waals surface area contributed by atoms with Crippen LogP contribution in [0.2, 0.25) is 0 Å². The topological polar surface area (TPSA) is 196 Å². The molecule has 0 aromatic rings. The van der Waals surface area contributed by atoms with E-state index in [-0.39, 0.29) is 55.9 Å². The maximum Gasteiger partial charge on any atom is 0.311 e. The van der Waals surface area contributed by atoms with E-state index in [0.717, 1.165) is 0 Å². The van der Waals surface area contributed by atoms with Gasteiger partial charge in [-0.05, 0) is 80.8 Å². The largest absolute Gasteiger partial charge is 0.459 e. The highest BCUT2D eigenvalue weighted by atomic mass is 16.7. The Morgan fingerprint density at radius 3 is 2.19 bits per heavy atom. The summed E-state index contributed by atoms with van der Waals surface area (Å²) in [5.74, 6) is -2.95. The summed E-state index contributed by atoms with van der Waals surface area (Å²) >= 11 is 0. The van der Waals surface area contributed by atoms with E-state index in [9.17, 15) is 25.2 Å². The highest BCUT2D eigenvalue weighted by Gasteiger charge is 2.55. The molecule has 16 nitrogen and oxygen atoms in total. The Morgan fingerprint density at radius 2 is 1.59 bits per heavy atom. The molecule has 4 fully saturated rings. The normalized spacial score (nSPS) is 48.7. The first kappa shape index (κ1) is 49.6. The molecular weight excluding hydrogens is 756 g/mol. The van der Waals surface area contributed by atoms with Gasteiger partial charge in [-0.15, -0.1) is 0 Å². The first-order chi connectivity index (χ1) is 27.0. The standard InChI is InChI=1S/C42H78N2O14/c1-15-29-42(10,49)37-24(4)32(43-30(56-37)21-52-17-16-50-13)22(2)19-40(8,48)36(58-39-33(45)28(44(11)12)18-23(3)53-39)25(5)34(26(6)38(47)55-29)57-31-20-41(9,51-14)35(46)27(7)54-31/h22-37,39,43,45-46,48-49H,15-21H2,1-14H3/t22-,23-,24-,25-,26-,27+,28+,29-,30-,31+,32+,33-,34-,35+,36-,37+,39+,40-,41-,42-/m1/s1. The molecule has 0 radical (unpaired) electrons. The van der Waals surface area contributed by atoms with Crippen molar-refractivity contribution < 1.29 is 67.9 Å². The lowest BCUT2D eigenvalue weighted by atomic mass is 9.71. The lowest BCUT2D eigenvalue weighted by molar-refractivity contribution is -0.318. The van der Waals surface area contributed by atoms with Gasteiger partial charge in [0.1, 0.15) is 30.1 Å². The maximum absolute atomic E-state index is 14.5. The Bertz CT molecular complexity index is 1290. The summed E-state index contributed by atoms with van der Waals surface area (Å²) < 4.78 is 55.7. The minimum absolute atomic E-state index is 0.137. The molecule has 0 amide bonds. The van der Waals surface area contributed by atoms with Crippen LogP contribution in [-0.4, -0.2) is 176 Å². The van der Waals surface area contributed by atoms with Gasteiger partial charge in [-0.3, -0.25) is 10.1 Å². The van der Waals surface area contributed by atoms with E-state index in [1.165, 1.54) is 7.11 Å². The highest BCUT2D eigenvalue weighted by Crippen LogP contribution is 2.43. The molecule has 4 rings (SSSR count). The lowest BCUT2D eigenvalue weighted by Gasteiger charge is -2.52. The molecule has 0 saturated carbocycles. The second-order valence-corrected chi connectivity index (χ2v) is 18.6. The first-order valence-corrected chi connectivity index (χ1v) is 21.4. The van der Waals surface area contributed by atoms with Gasteiger partial charge in [0, 0.05) is 44.6 Å². The number of aliphatic hydroxyl groups excluding tert-OH is 2. The van der Waals surface area contributed by atoms with Crippen LogP contribution in [0.5, 0.6) is 0 Å². The molecular formula is C42H78N2O14. The van der Waals surface area contributed by atoms with Crippen LogP contribution < -0.4 is 5.32 Å². The van der Waals surface area contributed by atoms with E-state index in [4.69, 9.17) is 42.6 Å². The van der Waals surface area contributed by atoms with Crippen molar-refractivity contribution in [3.05, 3.63) is 0 Å². The zero-order valence-corrected chi connectivity index (χ0v) is 37.6. The van der Waals surface area contributed by atoms with Crippen LogP contribution in [0.3, 0.4) is 0 Å². The van der Waals surface area contributed by atoms with Gasteiger partial charge < -0.3 is 68.0 Å². The van der Waals surface area contributed by atoms with Crippen molar-refractivity contribution in [2.45, 2.75) is 191 Å². The second kappa shape index (κ2) is 20.4. The van der Waals surface area contributed by atoms with Crippen LogP contribution in [0.4, 0.5) is 0 Å². The van der Waals surface area contributed by atoms with Crippen molar-refractivity contribution in [1.82, 2.24) is 10.2 Å². The molecule has 0 aromatic carbocycles. The van der Waals surface area contributed by atoms with Crippen LogP contribution >= 0.6 is 0 Å². The van der Waals surface area contributed by atoms with Gasteiger partial charge in [0.2, 0.25) is 0 Å². The van der Waals surface area contributed by atoms with Crippen LogP contribution in [0.15, 0.2) is 0 Å². The summed E-state index contributed by atoms with van der Waals surface area (Å²) in [6, 6.07) is -0.593. The molecule has 2 bridgehead atoms. The summed E-state index contributed by atoms with van der Waals surface area (Å²) in [4.78, 5) is 16.4. The predicted molar refractivity (Wildman–Crippen MR) is 214 cm³/mol. The van der Waals surface area contributed by atoms with Crippen LogP contribution in [0, 0.1) is 23.7 Å². The fraction of sp³-hybridized carbons (Fsp3) is 0.976. The Balaban J connectivity index is 1.83. The van der Waals surface area contributed by atoms with Crippen LogP contribution in [0.25, 0.3) is 0 Å². The van der Waals surface area contributed by atoms with Gasteiger partial charge in [-0.1, -0.05) is 27.7 Å². The number of aliphatic hydroxyl groups is 4. The van der Waals surface area contributed by atoms with E-state index in [2.05, 4.69) is 5.32 Å². The van der Waals surface area contributed by atoms with Gasteiger partial charge in [-0.2, -0.15) is 0 Å². The minimum atomic E-state index is -1.64. The number of fused-ring (bicyclic) bond motifs is 2. The van der Waals surface area contributed by atoms with E-state index < -0.39 is 96.1 Å². The molecule has 16 heteroatoms. The first-order valence-electron chi connectivity index (χ1n) is 21.4. The number of methoxy groups -OCH3 is 2. The number of hydrogen-bond acceptors (Lipinski definition) is 16. The lowest BCUT2D eigenvalue weighted by Crippen LogP contribution is -2.67. The second-order valence-electron chi connectivity index (χ2n) is 18.6. The third-order valence-corrected chi connectivity index (χ3v) is 13.5. The van der Waals surface area contributed by atoms with Gasteiger partial charge in [0.05, 0.1) is 67.5 Å². The molecule has 4 aliphatic heterocycles. The number of cyclic esters (lactones) is 1. The number of esters is 1. The summed E-state index contributed by atoms with van der Waals surface area (Å²) in [7, 11) is 6.90. The zero-order chi connectivity index (χ0) is 43.5. The zero-order valence-electron chi connectivity index (χ0n) is 37.6. The molecule has 20 atom stereocenters. The SMILES string of the molecule is CC[C@H]1OC(=O)[C@H](C)[C@H](O[C@H]2C[C@@](C)(OC)[C@@H](O)[C@H](C)O2)[C@@H](C)[C@@H](O[C@@H]2O[C@H](C)C[C@H](N(C)C)[C@H]2O)[C@](C)(O)C[C@@H](C)[C@@H]2N[C@@H](COCCOC)O[C@@H]([C@@H]2C)[C@]1(C)O. The van der Waals surface area contributed by atoms with Gasteiger partial charge in [0.15, 0.2) is 12.6 Å². The van der Waals surface area contributed by atoms with Crippen molar-refractivity contribution in [1.29, 1.82) is 0 Å². The van der Waals surface area contributed by atoms with Gasteiger partial charge in [-0.25, -0.2) is 0 Å². The number of nitrogens with one attached hydrogen (secondary N) is 1. The molecule has 0 spiro atoms. The van der Waals surface area contributed by atoms with E-state index in [1.807, 2.05) is 53.6 Å². The fourth-order valence-electron chi connectivity index (χ4n) is 10.0. The molecule has 4 aliphatic rings. The number of nitrogens with zero attached hydrogens (tertiary/aromatic N) is 1. The maximum atomic E-state index is 14.5. The monoisotopic (exact) mass is 835 g/mol. The van der Waals surface area contributed by atoms with Crippen molar-refractivity contribution in [3.8, 4) is 0 Å². The Morgan fingerprint density at radius 1 is 0.914 bits per heavy atom. The molecule has 340 valence electrons. The van der Waals surface area contributed by atoms with Gasteiger partial charge >= 0.3 is 5.97 Å². The third kappa shape index (κ3) is 11.1. The molecule has 4 heterocycles. The molecule has 0 unspecified atom stereocenters. The Hall–Kier alpha value is -1.09. The number of carbonyl (C=O) groups excluding carboxylic acids is 1. The van der Waals surface area contributed by atoms with E-state index in [0.29, 0.717) is 19.6 Å². The molecule has 58 heavy (non-hydrogen) atoms. The van der Waals surface area contributed by atoms with Crippen LogP contribution in [-0.2, 0) is 47.4 Å². The quantitative estimate of drug-likeness (QED) is 0.142. The van der Waals surface area contributed by atoms with Crippen molar-refractivity contribution in [2.24, 2.45) is 23.7 Å². The summed E-state index contributed by atoms with van der Waals surface area (Å²) in [5.41, 5.74) is -4.27. The number of ether oxygens (including phenoxy) is 9. The fourth-order valence-corrected chi connectivity index (χ4v) is 10.0. The van der Waals surface area contributed by atoms with Crippen molar-refractivity contribution in [3.63, 3.8) is 0 Å². The Kier molecular flexibility index (Phi) is 17.4. The third-order valence-electron chi connectivity index (χ3n) is 13.5. The van der Waals surface area contributed by atoms with E-state index >= 15 is 0 Å². The smallest absolute Gasteiger partial charge is 0.311 e. The summed E-state index contributed by atoms with van der Waals surface area (Å²) in [5, 5.41) is 51.5. The summed E-state index contributed by atoms with van der Waals surface area (Å²) in [6.07, 6.45) is -8.29. The molecule has 0 aliphatic carbocycles. The van der Waals surface area contributed by atoms with Crippen LogP contribution in [0.1, 0.15) is 94.9 Å². The van der Waals surface area contributed by atoms with E-state index in [1.54, 1.807) is 41.7 Å². The number of likely N-dealkylation sites (N-methyl/N-ethyl adjacent to an activating group) is 1. The van der Waals surface area contributed by atoms with Crippen molar-refractivity contribution >= 4 is 5.97 Å². The summed E-state index contributed by atoms with van der Waals surface area (Å²) in [6.45, 7) is 19.1. The highest BCUT2D eigenvalue weighted by molar-refractivity contribution is 5.73. The molecule has 4 saturated heterocycles. The number of hydrogen-bond donors (Lipinski definition) is 5. The number of rotatable bonds is 12. The average Bonchev–Trinajstić information content (AvgIpc) is 3.15. The number of carbonyl (C=O) groups is 1. The van der Waals surface area contributed by atoms with Gasteiger partial charge in [0.25, 0.3) is 0 Å². The molecule has 0 aromatic heterocycles. The van der Waals surface area contributed by atoms with Crippen molar-refractivity contribution in [2.75, 3.05) is 48.1 Å². The Labute approximate surface area is 346 Å². The average molecular weight is 835 g/mol. The predicted octanol–water partition coefficient (Wildman–Crippen LogP) is 2.20. The molecule has 5 N–H and O–H groups in total. The minimum Gasteiger partial charge on any atom is -0.459 e.